The lowest BCUT2D eigenvalue weighted by atomic mass is 10.2. The van der Waals surface area contributed by atoms with Gasteiger partial charge in [-0.05, 0) is 55.0 Å². The Morgan fingerprint density at radius 1 is 1.08 bits per heavy atom. The summed E-state index contributed by atoms with van der Waals surface area (Å²) in [6, 6.07) is 15.6. The summed E-state index contributed by atoms with van der Waals surface area (Å²) in [4.78, 5) is 25.5. The summed E-state index contributed by atoms with van der Waals surface area (Å²) < 4.78 is 10.6. The molecule has 1 fully saturated rings. The molecule has 1 aliphatic rings. The molecule has 26 heavy (non-hydrogen) atoms. The average Bonchev–Trinajstić information content (AvgIpc) is 3.11. The first-order chi connectivity index (χ1) is 12.7. The first kappa shape index (κ1) is 17.5. The molecule has 6 heteroatoms. The summed E-state index contributed by atoms with van der Waals surface area (Å²) in [6.45, 7) is 1.05. The molecule has 0 aliphatic carbocycles. The zero-order valence-corrected chi connectivity index (χ0v) is 14.2. The summed E-state index contributed by atoms with van der Waals surface area (Å²) in [6.07, 6.45) is 1.44. The minimum Gasteiger partial charge on any atom is -0.490 e. The fourth-order valence-electron chi connectivity index (χ4n) is 2.70. The maximum atomic E-state index is 12.0. The van der Waals surface area contributed by atoms with Gasteiger partial charge in [0.25, 0.3) is 0 Å². The lowest BCUT2D eigenvalue weighted by Gasteiger charge is -2.15. The Hall–Kier alpha value is -3.33. The molecule has 0 unspecified atom stereocenters. The van der Waals surface area contributed by atoms with Gasteiger partial charge in [-0.15, -0.1) is 0 Å². The number of anilines is 1. The van der Waals surface area contributed by atoms with Gasteiger partial charge in [-0.3, -0.25) is 4.79 Å². The molecule has 6 nitrogen and oxygen atoms in total. The van der Waals surface area contributed by atoms with Crippen LogP contribution in [0.4, 0.5) is 5.69 Å². The molecule has 1 heterocycles. The molecule has 0 N–H and O–H groups in total. The number of amides is 1. The molecule has 0 spiro atoms. The van der Waals surface area contributed by atoms with Crippen LogP contribution in [0.15, 0.2) is 48.5 Å². The normalized spacial score (nSPS) is 13.3. The van der Waals surface area contributed by atoms with E-state index in [1.165, 1.54) is 0 Å². The number of nitriles is 1. The van der Waals surface area contributed by atoms with Gasteiger partial charge in [-0.25, -0.2) is 4.79 Å². The molecular weight excluding hydrogens is 332 g/mol. The maximum Gasteiger partial charge on any atom is 0.338 e. The summed E-state index contributed by atoms with van der Waals surface area (Å²) in [7, 11) is 0. The van der Waals surface area contributed by atoms with E-state index in [0.717, 1.165) is 18.7 Å². The maximum absolute atomic E-state index is 12.0. The van der Waals surface area contributed by atoms with Crippen LogP contribution < -0.4 is 9.64 Å². The highest BCUT2D eigenvalue weighted by atomic mass is 16.6. The number of benzene rings is 2. The van der Waals surface area contributed by atoms with E-state index in [-0.39, 0.29) is 19.1 Å². The van der Waals surface area contributed by atoms with Gasteiger partial charge in [0.15, 0.2) is 0 Å². The molecular formula is C20H18N2O4. The van der Waals surface area contributed by atoms with E-state index in [4.69, 9.17) is 14.7 Å². The third-order valence-corrected chi connectivity index (χ3v) is 4.06. The average molecular weight is 350 g/mol. The Bertz CT molecular complexity index is 822. The van der Waals surface area contributed by atoms with E-state index < -0.39 is 5.97 Å². The van der Waals surface area contributed by atoms with Crippen LogP contribution in [-0.2, 0) is 9.53 Å². The van der Waals surface area contributed by atoms with Crippen molar-refractivity contribution in [3.05, 3.63) is 59.7 Å². The molecule has 132 valence electrons. The Kier molecular flexibility index (Phi) is 5.49. The number of carbonyl (C=O) groups excluding carboxylic acids is 2. The Labute approximate surface area is 151 Å². The van der Waals surface area contributed by atoms with Gasteiger partial charge in [0.1, 0.15) is 19.0 Å². The predicted molar refractivity (Wildman–Crippen MR) is 95.0 cm³/mol. The highest BCUT2D eigenvalue weighted by molar-refractivity contribution is 5.96. The van der Waals surface area contributed by atoms with Crippen LogP contribution in [0, 0.1) is 11.3 Å². The fourth-order valence-corrected chi connectivity index (χ4v) is 2.70. The molecule has 1 saturated heterocycles. The summed E-state index contributed by atoms with van der Waals surface area (Å²) in [5, 5.41) is 8.74. The molecule has 0 radical (unpaired) electrons. The van der Waals surface area contributed by atoms with Crippen molar-refractivity contribution in [3.63, 3.8) is 0 Å². The highest BCUT2D eigenvalue weighted by Crippen LogP contribution is 2.21. The van der Waals surface area contributed by atoms with Crippen LogP contribution in [-0.4, -0.2) is 31.6 Å². The number of carbonyl (C=O) groups is 2. The summed E-state index contributed by atoms with van der Waals surface area (Å²) in [5.41, 5.74) is 1.79. The lowest BCUT2D eigenvalue weighted by molar-refractivity contribution is -0.117. The zero-order chi connectivity index (χ0) is 18.4. The second kappa shape index (κ2) is 8.17. The van der Waals surface area contributed by atoms with Crippen molar-refractivity contribution >= 4 is 17.6 Å². The van der Waals surface area contributed by atoms with E-state index in [1.807, 2.05) is 6.07 Å². The van der Waals surface area contributed by atoms with Gasteiger partial charge in [-0.1, -0.05) is 0 Å². The van der Waals surface area contributed by atoms with Crippen LogP contribution in [0.25, 0.3) is 0 Å². The van der Waals surface area contributed by atoms with Crippen LogP contribution >= 0.6 is 0 Å². The van der Waals surface area contributed by atoms with E-state index >= 15 is 0 Å². The van der Waals surface area contributed by atoms with Gasteiger partial charge in [0, 0.05) is 18.7 Å². The number of rotatable bonds is 6. The summed E-state index contributed by atoms with van der Waals surface area (Å²) in [5.74, 6) is 0.285. The lowest BCUT2D eigenvalue weighted by Crippen LogP contribution is -2.23. The van der Waals surface area contributed by atoms with Crippen LogP contribution in [0.5, 0.6) is 5.75 Å². The van der Waals surface area contributed by atoms with Gasteiger partial charge in [0.2, 0.25) is 5.91 Å². The Morgan fingerprint density at radius 3 is 2.42 bits per heavy atom. The fraction of sp³-hybridized carbons (Fsp3) is 0.250. The third kappa shape index (κ3) is 4.19. The highest BCUT2D eigenvalue weighted by Gasteiger charge is 2.21. The molecule has 0 atom stereocenters. The second-order valence-electron chi connectivity index (χ2n) is 5.82. The second-order valence-corrected chi connectivity index (χ2v) is 5.82. The third-order valence-electron chi connectivity index (χ3n) is 4.06. The Morgan fingerprint density at radius 2 is 1.81 bits per heavy atom. The standard InChI is InChI=1S/C20H18N2O4/c21-14-15-3-9-18(10-4-15)25-12-13-26-20(24)16-5-7-17(8-6-16)22-11-1-2-19(22)23/h3-10H,1-2,11-13H2. The van der Waals surface area contributed by atoms with E-state index in [9.17, 15) is 9.59 Å². The number of hydrogen-bond donors (Lipinski definition) is 0. The van der Waals surface area contributed by atoms with Gasteiger partial charge in [0.05, 0.1) is 17.2 Å². The minimum absolute atomic E-state index is 0.111. The number of ether oxygens (including phenoxy) is 2. The number of nitrogens with zero attached hydrogens (tertiary/aromatic N) is 2. The van der Waals surface area contributed by atoms with Gasteiger partial charge < -0.3 is 14.4 Å². The smallest absolute Gasteiger partial charge is 0.338 e. The van der Waals surface area contributed by atoms with Crippen molar-refractivity contribution in [2.75, 3.05) is 24.7 Å². The quantitative estimate of drug-likeness (QED) is 0.591. The van der Waals surface area contributed by atoms with Gasteiger partial charge in [-0.2, -0.15) is 5.26 Å². The van der Waals surface area contributed by atoms with Crippen molar-refractivity contribution in [2.24, 2.45) is 0 Å². The van der Waals surface area contributed by atoms with E-state index in [0.29, 0.717) is 23.3 Å². The number of hydrogen-bond acceptors (Lipinski definition) is 5. The molecule has 0 saturated carbocycles. The molecule has 0 bridgehead atoms. The van der Waals surface area contributed by atoms with Crippen molar-refractivity contribution in [1.29, 1.82) is 5.26 Å². The molecule has 1 aliphatic heterocycles. The monoisotopic (exact) mass is 350 g/mol. The van der Waals surface area contributed by atoms with Crippen LogP contribution in [0.2, 0.25) is 0 Å². The minimum atomic E-state index is -0.437. The van der Waals surface area contributed by atoms with Crippen LogP contribution in [0.1, 0.15) is 28.8 Å². The number of esters is 1. The molecule has 2 aromatic rings. The van der Waals surface area contributed by atoms with Crippen molar-refractivity contribution in [3.8, 4) is 11.8 Å². The molecule has 1 amide bonds. The molecule has 2 aromatic carbocycles. The van der Waals surface area contributed by atoms with Gasteiger partial charge >= 0.3 is 5.97 Å². The Balaban J connectivity index is 1.45. The van der Waals surface area contributed by atoms with Crippen molar-refractivity contribution in [1.82, 2.24) is 0 Å². The first-order valence-corrected chi connectivity index (χ1v) is 8.38. The van der Waals surface area contributed by atoms with E-state index in [2.05, 4.69) is 0 Å². The van der Waals surface area contributed by atoms with Crippen LogP contribution in [0.3, 0.4) is 0 Å². The van der Waals surface area contributed by atoms with E-state index in [1.54, 1.807) is 53.4 Å². The van der Waals surface area contributed by atoms with Crippen molar-refractivity contribution in [2.45, 2.75) is 12.8 Å². The molecule has 3 rings (SSSR count). The largest absolute Gasteiger partial charge is 0.490 e. The first-order valence-electron chi connectivity index (χ1n) is 8.38. The van der Waals surface area contributed by atoms with Crippen molar-refractivity contribution < 1.29 is 19.1 Å². The summed E-state index contributed by atoms with van der Waals surface area (Å²) >= 11 is 0. The topological polar surface area (TPSA) is 79.6 Å². The predicted octanol–water partition coefficient (Wildman–Crippen LogP) is 2.92. The SMILES string of the molecule is N#Cc1ccc(OCCOC(=O)c2ccc(N3CCCC3=O)cc2)cc1. The molecule has 0 aromatic heterocycles. The zero-order valence-electron chi connectivity index (χ0n) is 14.2.